The largest absolute Gasteiger partial charge is 0.351 e. The fraction of sp³-hybridized carbons (Fsp3) is 0.667. The number of amides is 1. The summed E-state index contributed by atoms with van der Waals surface area (Å²) in [4.78, 5) is 11.4. The minimum absolute atomic E-state index is 0.00150. The summed E-state index contributed by atoms with van der Waals surface area (Å²) in [6.07, 6.45) is 5.63. The smallest absolute Gasteiger partial charge is 0.238 e. The van der Waals surface area contributed by atoms with E-state index in [4.69, 9.17) is 12.2 Å². The van der Waals surface area contributed by atoms with Gasteiger partial charge < -0.3 is 11.1 Å². The summed E-state index contributed by atoms with van der Waals surface area (Å²) in [5.41, 5.74) is 5.47. The van der Waals surface area contributed by atoms with Crippen LogP contribution in [0.25, 0.3) is 0 Å². The molecule has 0 radical (unpaired) electrons. The molecule has 1 rings (SSSR count). The Hall–Kier alpha value is -1.06. The van der Waals surface area contributed by atoms with Gasteiger partial charge in [-0.15, -0.1) is 12.3 Å². The van der Waals surface area contributed by atoms with Crippen molar-refractivity contribution in [2.24, 2.45) is 5.73 Å². The van der Waals surface area contributed by atoms with E-state index in [1.807, 2.05) is 0 Å². The van der Waals surface area contributed by atoms with Crippen molar-refractivity contribution in [3.05, 3.63) is 0 Å². The van der Waals surface area contributed by atoms with E-state index in [0.29, 0.717) is 6.42 Å². The van der Waals surface area contributed by atoms with Gasteiger partial charge in [0.1, 0.15) is 0 Å². The van der Waals surface area contributed by atoms with Crippen LogP contribution in [-0.4, -0.2) is 37.9 Å². The quantitative estimate of drug-likeness (QED) is 0.586. The first-order valence-electron chi connectivity index (χ1n) is 4.64. The van der Waals surface area contributed by atoms with Crippen molar-refractivity contribution in [3.8, 4) is 12.3 Å². The monoisotopic (exact) mass is 230 g/mol. The maximum absolute atomic E-state index is 11.4. The van der Waals surface area contributed by atoms with Crippen LogP contribution >= 0.6 is 0 Å². The highest BCUT2D eigenvalue weighted by Crippen LogP contribution is 2.11. The molecule has 84 valence electrons. The molecule has 0 aromatic rings. The lowest BCUT2D eigenvalue weighted by molar-refractivity contribution is -0.122. The SMILES string of the molecule is C#CCC(N)C(=O)NC1CCS(=O)(=O)C1. The summed E-state index contributed by atoms with van der Waals surface area (Å²) in [7, 11) is -2.97. The number of carbonyl (C=O) groups excluding carboxylic acids is 1. The van der Waals surface area contributed by atoms with E-state index in [1.54, 1.807) is 0 Å². The van der Waals surface area contributed by atoms with Gasteiger partial charge in [-0.3, -0.25) is 4.79 Å². The van der Waals surface area contributed by atoms with E-state index >= 15 is 0 Å². The Bertz CT molecular complexity index is 383. The van der Waals surface area contributed by atoms with E-state index in [0.717, 1.165) is 0 Å². The van der Waals surface area contributed by atoms with Crippen LogP contribution in [0.15, 0.2) is 0 Å². The summed E-state index contributed by atoms with van der Waals surface area (Å²) in [6, 6.07) is -1.07. The molecule has 1 aliphatic heterocycles. The van der Waals surface area contributed by atoms with Crippen molar-refractivity contribution in [1.82, 2.24) is 5.32 Å². The van der Waals surface area contributed by atoms with Gasteiger partial charge in [0, 0.05) is 12.5 Å². The molecule has 1 fully saturated rings. The van der Waals surface area contributed by atoms with Crippen LogP contribution in [0.3, 0.4) is 0 Å². The third-order valence-electron chi connectivity index (χ3n) is 2.25. The molecule has 1 saturated heterocycles. The predicted molar refractivity (Wildman–Crippen MR) is 56.6 cm³/mol. The van der Waals surface area contributed by atoms with Crippen LogP contribution in [0, 0.1) is 12.3 Å². The topological polar surface area (TPSA) is 89.3 Å². The van der Waals surface area contributed by atoms with Gasteiger partial charge in [0.25, 0.3) is 0 Å². The lowest BCUT2D eigenvalue weighted by atomic mass is 10.2. The summed E-state index contributed by atoms with van der Waals surface area (Å²) in [6.45, 7) is 0. The summed E-state index contributed by atoms with van der Waals surface area (Å²) >= 11 is 0. The van der Waals surface area contributed by atoms with E-state index in [9.17, 15) is 13.2 Å². The van der Waals surface area contributed by atoms with Gasteiger partial charge >= 0.3 is 0 Å². The zero-order chi connectivity index (χ0) is 11.5. The minimum Gasteiger partial charge on any atom is -0.351 e. The van der Waals surface area contributed by atoms with Crippen LogP contribution in [0.5, 0.6) is 0 Å². The fourth-order valence-electron chi connectivity index (χ4n) is 1.44. The van der Waals surface area contributed by atoms with Gasteiger partial charge in [0.15, 0.2) is 9.84 Å². The van der Waals surface area contributed by atoms with Crippen LogP contribution in [0.2, 0.25) is 0 Å². The summed E-state index contributed by atoms with van der Waals surface area (Å²) in [5.74, 6) is 2.03. The molecule has 1 aliphatic rings. The standard InChI is InChI=1S/C9H14N2O3S/c1-2-3-8(10)9(12)11-7-4-5-15(13,14)6-7/h1,7-8H,3-6,10H2,(H,11,12). The van der Waals surface area contributed by atoms with Crippen molar-refractivity contribution in [2.45, 2.75) is 24.9 Å². The highest BCUT2D eigenvalue weighted by Gasteiger charge is 2.29. The van der Waals surface area contributed by atoms with E-state index in [2.05, 4.69) is 11.2 Å². The number of carbonyl (C=O) groups is 1. The Morgan fingerprint density at radius 2 is 2.33 bits per heavy atom. The highest BCUT2D eigenvalue weighted by molar-refractivity contribution is 7.91. The van der Waals surface area contributed by atoms with Crippen LogP contribution in [0.1, 0.15) is 12.8 Å². The molecular weight excluding hydrogens is 216 g/mol. The fourth-order valence-corrected chi connectivity index (χ4v) is 3.11. The first kappa shape index (κ1) is 12.0. The molecule has 15 heavy (non-hydrogen) atoms. The highest BCUT2D eigenvalue weighted by atomic mass is 32.2. The second kappa shape index (κ2) is 4.64. The molecule has 1 heterocycles. The van der Waals surface area contributed by atoms with E-state index < -0.39 is 15.9 Å². The Labute approximate surface area is 89.3 Å². The normalized spacial score (nSPS) is 25.5. The number of sulfone groups is 1. The molecule has 0 aromatic carbocycles. The lowest BCUT2D eigenvalue weighted by Crippen LogP contribution is -2.45. The third-order valence-corrected chi connectivity index (χ3v) is 4.02. The first-order chi connectivity index (χ1) is 6.94. The zero-order valence-corrected chi connectivity index (χ0v) is 9.09. The summed E-state index contributed by atoms with van der Waals surface area (Å²) < 4.78 is 22.2. The van der Waals surface area contributed by atoms with Gasteiger partial charge in [0.05, 0.1) is 17.5 Å². The number of terminal acetylenes is 1. The number of nitrogens with one attached hydrogen (secondary N) is 1. The number of hydrogen-bond acceptors (Lipinski definition) is 4. The Morgan fingerprint density at radius 3 is 2.80 bits per heavy atom. The van der Waals surface area contributed by atoms with Gasteiger partial charge in [-0.25, -0.2) is 8.42 Å². The van der Waals surface area contributed by atoms with Gasteiger partial charge in [-0.05, 0) is 6.42 Å². The molecule has 0 aromatic heterocycles. The predicted octanol–water partition coefficient (Wildman–Crippen LogP) is -1.36. The van der Waals surface area contributed by atoms with Crippen molar-refractivity contribution < 1.29 is 13.2 Å². The van der Waals surface area contributed by atoms with Gasteiger partial charge in [-0.1, -0.05) is 0 Å². The molecule has 0 aliphatic carbocycles. The molecule has 5 nitrogen and oxygen atoms in total. The Kier molecular flexibility index (Phi) is 3.72. The number of rotatable bonds is 3. The number of nitrogens with two attached hydrogens (primary N) is 1. The second-order valence-corrected chi connectivity index (χ2v) is 5.85. The maximum Gasteiger partial charge on any atom is 0.238 e. The molecule has 2 atom stereocenters. The molecular formula is C9H14N2O3S. The van der Waals surface area contributed by atoms with Crippen LogP contribution in [-0.2, 0) is 14.6 Å². The number of hydrogen-bond donors (Lipinski definition) is 2. The Morgan fingerprint density at radius 1 is 1.67 bits per heavy atom. The average Bonchev–Trinajstić information content (AvgIpc) is 2.46. The van der Waals surface area contributed by atoms with Crippen LogP contribution < -0.4 is 11.1 Å². The maximum atomic E-state index is 11.4. The van der Waals surface area contributed by atoms with E-state index in [-0.39, 0.29) is 29.9 Å². The molecule has 3 N–H and O–H groups in total. The lowest BCUT2D eigenvalue weighted by Gasteiger charge is -2.13. The molecule has 0 bridgehead atoms. The van der Waals surface area contributed by atoms with Crippen molar-refractivity contribution in [3.63, 3.8) is 0 Å². The molecule has 1 amide bonds. The Balaban J connectivity index is 2.44. The van der Waals surface area contributed by atoms with E-state index in [1.165, 1.54) is 0 Å². The van der Waals surface area contributed by atoms with Crippen molar-refractivity contribution in [1.29, 1.82) is 0 Å². The zero-order valence-electron chi connectivity index (χ0n) is 8.27. The van der Waals surface area contributed by atoms with Gasteiger partial charge in [-0.2, -0.15) is 0 Å². The third kappa shape index (κ3) is 3.53. The average molecular weight is 230 g/mol. The van der Waals surface area contributed by atoms with Crippen molar-refractivity contribution in [2.75, 3.05) is 11.5 Å². The molecule has 0 spiro atoms. The van der Waals surface area contributed by atoms with Gasteiger partial charge in [0.2, 0.25) is 5.91 Å². The van der Waals surface area contributed by atoms with Crippen molar-refractivity contribution >= 4 is 15.7 Å². The molecule has 2 unspecified atom stereocenters. The van der Waals surface area contributed by atoms with Crippen LogP contribution in [0.4, 0.5) is 0 Å². The second-order valence-electron chi connectivity index (χ2n) is 3.62. The molecule has 6 heteroatoms. The summed E-state index contributed by atoms with van der Waals surface area (Å²) in [5, 5.41) is 2.58. The molecule has 0 saturated carbocycles. The first-order valence-corrected chi connectivity index (χ1v) is 6.46. The minimum atomic E-state index is -2.97.